The van der Waals surface area contributed by atoms with Gasteiger partial charge in [0.1, 0.15) is 6.07 Å². The molecule has 0 radical (unpaired) electrons. The molecule has 1 heterocycles. The predicted octanol–water partition coefficient (Wildman–Crippen LogP) is 3.74. The minimum atomic E-state index is 0.628. The van der Waals surface area contributed by atoms with Gasteiger partial charge in [0.25, 0.3) is 0 Å². The largest absolute Gasteiger partial charge is 0.396 e. The van der Waals surface area contributed by atoms with Gasteiger partial charge in [0.2, 0.25) is 0 Å². The molecule has 0 fully saturated rings. The van der Waals surface area contributed by atoms with E-state index in [1.54, 1.807) is 6.20 Å². The highest BCUT2D eigenvalue weighted by atomic mass is 14.9. The van der Waals surface area contributed by atoms with Gasteiger partial charge < -0.3 is 11.1 Å². The number of nitrogens with two attached hydrogens (primary N) is 1. The van der Waals surface area contributed by atoms with Crippen molar-refractivity contribution in [1.82, 2.24) is 4.98 Å². The summed E-state index contributed by atoms with van der Waals surface area (Å²) in [6.45, 7) is 1.91. The third-order valence-corrected chi connectivity index (χ3v) is 3.48. The van der Waals surface area contributed by atoms with Crippen molar-refractivity contribution < 1.29 is 0 Å². The Balaban J connectivity index is 2.09. The Bertz CT molecular complexity index is 862. The van der Waals surface area contributed by atoms with E-state index >= 15 is 0 Å². The number of pyridine rings is 1. The third-order valence-electron chi connectivity index (χ3n) is 3.48. The van der Waals surface area contributed by atoms with Crippen LogP contribution >= 0.6 is 0 Å². The van der Waals surface area contributed by atoms with Crippen LogP contribution in [0.15, 0.2) is 48.7 Å². The molecule has 0 bridgehead atoms. The number of nitrogens with one attached hydrogen (secondary N) is 1. The second-order valence-corrected chi connectivity index (χ2v) is 4.83. The number of aromatic nitrogens is 1. The van der Waals surface area contributed by atoms with Crippen LogP contribution in [0.1, 0.15) is 11.1 Å². The Labute approximate surface area is 122 Å². The Morgan fingerprint density at radius 3 is 2.76 bits per heavy atom. The normalized spacial score (nSPS) is 10.3. The number of fused-ring (bicyclic) bond motifs is 1. The van der Waals surface area contributed by atoms with E-state index in [0.717, 1.165) is 27.8 Å². The maximum Gasteiger partial charge on any atom is 0.102 e. The molecule has 0 amide bonds. The number of benzene rings is 2. The van der Waals surface area contributed by atoms with Crippen molar-refractivity contribution in [2.24, 2.45) is 0 Å². The number of nitrogen functional groups attached to an aromatic ring is 1. The number of nitrogens with zero attached hydrogens (tertiary/aromatic N) is 2. The SMILES string of the molecule is Cc1cccc(Nc2ccc3ncccc3c2N)c1C#N. The van der Waals surface area contributed by atoms with Crippen molar-refractivity contribution in [1.29, 1.82) is 5.26 Å². The molecule has 0 saturated carbocycles. The first kappa shape index (κ1) is 12.9. The van der Waals surface area contributed by atoms with Crippen LogP contribution in [0, 0.1) is 18.3 Å². The second-order valence-electron chi connectivity index (χ2n) is 4.83. The summed E-state index contributed by atoms with van der Waals surface area (Å²) in [6.07, 6.45) is 1.74. The van der Waals surface area contributed by atoms with E-state index < -0.39 is 0 Å². The summed E-state index contributed by atoms with van der Waals surface area (Å²) in [5.74, 6) is 0. The number of nitriles is 1. The first-order chi connectivity index (χ1) is 10.2. The lowest BCUT2D eigenvalue weighted by Crippen LogP contribution is -2.00. The summed E-state index contributed by atoms with van der Waals surface area (Å²) in [5, 5.41) is 13.4. The average molecular weight is 274 g/mol. The zero-order valence-corrected chi connectivity index (χ0v) is 11.6. The number of hydrogen-bond donors (Lipinski definition) is 2. The lowest BCUT2D eigenvalue weighted by atomic mass is 10.1. The van der Waals surface area contributed by atoms with Crippen LogP contribution in [-0.2, 0) is 0 Å². The highest BCUT2D eigenvalue weighted by Gasteiger charge is 2.09. The quantitative estimate of drug-likeness (QED) is 0.698. The van der Waals surface area contributed by atoms with E-state index in [1.807, 2.05) is 49.4 Å². The zero-order chi connectivity index (χ0) is 14.8. The van der Waals surface area contributed by atoms with Crippen molar-refractivity contribution in [3.63, 3.8) is 0 Å². The molecule has 0 atom stereocenters. The number of rotatable bonds is 2. The maximum absolute atomic E-state index is 9.29. The third kappa shape index (κ3) is 2.26. The van der Waals surface area contributed by atoms with E-state index in [9.17, 15) is 5.26 Å². The fraction of sp³-hybridized carbons (Fsp3) is 0.0588. The number of aryl methyl sites for hydroxylation is 1. The smallest absolute Gasteiger partial charge is 0.102 e. The average Bonchev–Trinajstić information content (AvgIpc) is 2.50. The Hall–Kier alpha value is -3.06. The molecule has 1 aromatic heterocycles. The van der Waals surface area contributed by atoms with Gasteiger partial charge in [0.05, 0.1) is 28.1 Å². The summed E-state index contributed by atoms with van der Waals surface area (Å²) in [6, 6.07) is 15.5. The second kappa shape index (κ2) is 5.14. The summed E-state index contributed by atoms with van der Waals surface area (Å²) < 4.78 is 0. The molecular formula is C17H14N4. The highest BCUT2D eigenvalue weighted by Crippen LogP contribution is 2.31. The molecule has 0 aliphatic carbocycles. The van der Waals surface area contributed by atoms with Crippen LogP contribution in [0.2, 0.25) is 0 Å². The van der Waals surface area contributed by atoms with Crippen LogP contribution in [0.4, 0.5) is 17.1 Å². The van der Waals surface area contributed by atoms with Gasteiger partial charge in [-0.25, -0.2) is 0 Å². The van der Waals surface area contributed by atoms with Gasteiger partial charge in [-0.05, 0) is 42.8 Å². The van der Waals surface area contributed by atoms with Gasteiger partial charge >= 0.3 is 0 Å². The van der Waals surface area contributed by atoms with Crippen LogP contribution in [0.25, 0.3) is 10.9 Å². The van der Waals surface area contributed by atoms with Crippen molar-refractivity contribution in [2.75, 3.05) is 11.1 Å². The fourth-order valence-electron chi connectivity index (χ4n) is 2.35. The molecule has 0 aliphatic rings. The molecule has 2 aromatic carbocycles. The minimum Gasteiger partial charge on any atom is -0.396 e. The lowest BCUT2D eigenvalue weighted by Gasteiger charge is -2.13. The van der Waals surface area contributed by atoms with Gasteiger partial charge in [-0.2, -0.15) is 5.26 Å². The summed E-state index contributed by atoms with van der Waals surface area (Å²) in [7, 11) is 0. The topological polar surface area (TPSA) is 74.7 Å². The molecule has 0 saturated heterocycles. The monoisotopic (exact) mass is 274 g/mol. The lowest BCUT2D eigenvalue weighted by molar-refractivity contribution is 1.38. The molecule has 102 valence electrons. The van der Waals surface area contributed by atoms with Gasteiger partial charge in [0, 0.05) is 11.6 Å². The highest BCUT2D eigenvalue weighted by molar-refractivity contribution is 5.98. The molecule has 3 N–H and O–H groups in total. The Morgan fingerprint density at radius 1 is 1.10 bits per heavy atom. The molecule has 4 nitrogen and oxygen atoms in total. The van der Waals surface area contributed by atoms with Crippen LogP contribution in [-0.4, -0.2) is 4.98 Å². The minimum absolute atomic E-state index is 0.628. The van der Waals surface area contributed by atoms with E-state index in [-0.39, 0.29) is 0 Å². The summed E-state index contributed by atoms with van der Waals surface area (Å²) >= 11 is 0. The van der Waals surface area contributed by atoms with E-state index in [0.29, 0.717) is 11.3 Å². The Morgan fingerprint density at radius 2 is 1.95 bits per heavy atom. The van der Waals surface area contributed by atoms with E-state index in [1.165, 1.54) is 0 Å². The first-order valence-electron chi connectivity index (χ1n) is 6.60. The van der Waals surface area contributed by atoms with Crippen molar-refractivity contribution in [3.8, 4) is 6.07 Å². The molecule has 3 aromatic rings. The first-order valence-corrected chi connectivity index (χ1v) is 6.60. The van der Waals surface area contributed by atoms with Crippen LogP contribution < -0.4 is 11.1 Å². The van der Waals surface area contributed by atoms with Crippen molar-refractivity contribution >= 4 is 28.0 Å². The summed E-state index contributed by atoms with van der Waals surface area (Å²) in [4.78, 5) is 4.28. The van der Waals surface area contributed by atoms with Gasteiger partial charge in [-0.15, -0.1) is 0 Å². The van der Waals surface area contributed by atoms with Crippen LogP contribution in [0.3, 0.4) is 0 Å². The van der Waals surface area contributed by atoms with E-state index in [2.05, 4.69) is 16.4 Å². The zero-order valence-electron chi connectivity index (χ0n) is 11.6. The molecule has 21 heavy (non-hydrogen) atoms. The predicted molar refractivity (Wildman–Crippen MR) is 85.3 cm³/mol. The molecule has 0 unspecified atom stereocenters. The van der Waals surface area contributed by atoms with Gasteiger partial charge in [0.15, 0.2) is 0 Å². The molecular weight excluding hydrogens is 260 g/mol. The summed E-state index contributed by atoms with van der Waals surface area (Å²) in [5.41, 5.74) is 10.8. The molecule has 0 aliphatic heterocycles. The molecule has 3 rings (SSSR count). The molecule has 4 heteroatoms. The van der Waals surface area contributed by atoms with Gasteiger partial charge in [-0.1, -0.05) is 12.1 Å². The fourth-order valence-corrected chi connectivity index (χ4v) is 2.35. The standard InChI is InChI=1S/C17H14N4/c1-11-4-2-6-15(13(11)10-18)21-16-8-7-14-12(17(16)19)5-3-9-20-14/h2-9,21H,19H2,1H3. The van der Waals surface area contributed by atoms with Crippen molar-refractivity contribution in [2.45, 2.75) is 6.92 Å². The van der Waals surface area contributed by atoms with Gasteiger partial charge in [-0.3, -0.25) is 4.98 Å². The number of anilines is 3. The molecule has 0 spiro atoms. The van der Waals surface area contributed by atoms with Crippen molar-refractivity contribution in [3.05, 3.63) is 59.8 Å². The van der Waals surface area contributed by atoms with Crippen LogP contribution in [0.5, 0.6) is 0 Å². The maximum atomic E-state index is 9.29. The Kier molecular flexibility index (Phi) is 3.17. The number of hydrogen-bond acceptors (Lipinski definition) is 4. The van der Waals surface area contributed by atoms with E-state index in [4.69, 9.17) is 5.73 Å².